The zero-order valence-corrected chi connectivity index (χ0v) is 13.5. The Hall–Kier alpha value is -1.17. The molecule has 5 heteroatoms. The summed E-state index contributed by atoms with van der Waals surface area (Å²) in [5.41, 5.74) is 3.40. The molecule has 108 valence electrons. The number of aryl methyl sites for hydroxylation is 2. The molecule has 1 aromatic heterocycles. The summed E-state index contributed by atoms with van der Waals surface area (Å²) in [4.78, 5) is 0. The van der Waals surface area contributed by atoms with E-state index in [0.717, 1.165) is 5.56 Å². The first-order chi connectivity index (χ1) is 9.44. The monoisotopic (exact) mass is 309 g/mol. The van der Waals surface area contributed by atoms with Crippen molar-refractivity contribution in [1.82, 2.24) is 5.32 Å². The quantitative estimate of drug-likeness (QED) is 0.923. The average Bonchev–Trinajstić information content (AvgIpc) is 2.94. The maximum absolute atomic E-state index is 12.4. The van der Waals surface area contributed by atoms with Crippen LogP contribution < -0.4 is 5.32 Å². The normalized spacial score (nSPS) is 13.3. The van der Waals surface area contributed by atoms with E-state index in [1.54, 1.807) is 24.6 Å². The summed E-state index contributed by atoms with van der Waals surface area (Å²) < 4.78 is 25.1. The topological polar surface area (TPSA) is 46.2 Å². The molecule has 0 aliphatic heterocycles. The Balaban J connectivity index is 2.27. The van der Waals surface area contributed by atoms with E-state index in [4.69, 9.17) is 0 Å². The van der Waals surface area contributed by atoms with Crippen LogP contribution in [-0.2, 0) is 9.84 Å². The zero-order chi connectivity index (χ0) is 14.8. The van der Waals surface area contributed by atoms with Gasteiger partial charge in [0.2, 0.25) is 0 Å². The molecule has 0 saturated carbocycles. The number of hydrogen-bond acceptors (Lipinski definition) is 4. The van der Waals surface area contributed by atoms with Crippen molar-refractivity contribution in [1.29, 1.82) is 0 Å². The van der Waals surface area contributed by atoms with Crippen molar-refractivity contribution in [3.8, 4) is 0 Å². The molecule has 1 heterocycles. The van der Waals surface area contributed by atoms with Gasteiger partial charge in [0, 0.05) is 6.04 Å². The minimum Gasteiger partial charge on any atom is -0.312 e. The van der Waals surface area contributed by atoms with Crippen LogP contribution in [0.4, 0.5) is 0 Å². The molecule has 2 rings (SSSR count). The number of nitrogens with one attached hydrogen (secondary N) is 1. The first-order valence-corrected chi connectivity index (χ1v) is 8.98. The van der Waals surface area contributed by atoms with Gasteiger partial charge >= 0.3 is 0 Å². The van der Waals surface area contributed by atoms with Crippen LogP contribution in [0.2, 0.25) is 0 Å². The molecular formula is C15H19NO2S2. The molecule has 0 spiro atoms. The van der Waals surface area contributed by atoms with E-state index in [1.807, 2.05) is 19.1 Å². The summed E-state index contributed by atoms with van der Waals surface area (Å²) in [6, 6.07) is 9.32. The number of sulfone groups is 1. The second-order valence-corrected chi connectivity index (χ2v) is 8.11. The summed E-state index contributed by atoms with van der Waals surface area (Å²) in [6.07, 6.45) is 0. The Bertz CT molecular complexity index is 676. The lowest BCUT2D eigenvalue weighted by Gasteiger charge is -2.17. The van der Waals surface area contributed by atoms with Gasteiger partial charge in [-0.1, -0.05) is 24.3 Å². The molecule has 3 nitrogen and oxygen atoms in total. The van der Waals surface area contributed by atoms with Crippen molar-refractivity contribution in [2.24, 2.45) is 0 Å². The van der Waals surface area contributed by atoms with Gasteiger partial charge in [-0.15, -0.1) is 11.3 Å². The molecule has 0 aliphatic carbocycles. The van der Waals surface area contributed by atoms with Gasteiger partial charge < -0.3 is 5.32 Å². The highest BCUT2D eigenvalue weighted by Gasteiger charge is 2.22. The van der Waals surface area contributed by atoms with Crippen LogP contribution in [-0.4, -0.2) is 21.2 Å². The lowest BCUT2D eigenvalue weighted by molar-refractivity contribution is 0.576. The van der Waals surface area contributed by atoms with E-state index in [-0.39, 0.29) is 11.8 Å². The standard InChI is InChI=1S/C15H19NO2S2/c1-11-6-7-13(9-12(11)2)14(16-3)10-20(17,18)15-5-4-8-19-15/h4-9,14,16H,10H2,1-3H3. The summed E-state index contributed by atoms with van der Waals surface area (Å²) in [5.74, 6) is 0.0759. The van der Waals surface area contributed by atoms with Crippen LogP contribution in [0.5, 0.6) is 0 Å². The first-order valence-electron chi connectivity index (χ1n) is 6.44. The summed E-state index contributed by atoms with van der Waals surface area (Å²) in [6.45, 7) is 4.09. The van der Waals surface area contributed by atoms with Crippen molar-refractivity contribution in [3.63, 3.8) is 0 Å². The Morgan fingerprint density at radius 2 is 1.95 bits per heavy atom. The van der Waals surface area contributed by atoms with Crippen molar-refractivity contribution in [2.75, 3.05) is 12.8 Å². The van der Waals surface area contributed by atoms with Gasteiger partial charge in [0.25, 0.3) is 0 Å². The SMILES string of the molecule is CNC(CS(=O)(=O)c1cccs1)c1ccc(C)c(C)c1. The van der Waals surface area contributed by atoms with Gasteiger partial charge in [0.1, 0.15) is 4.21 Å². The predicted octanol–water partition coefficient (Wildman–Crippen LogP) is 3.10. The van der Waals surface area contributed by atoms with Gasteiger partial charge in [-0.25, -0.2) is 8.42 Å². The third-order valence-electron chi connectivity index (χ3n) is 3.47. The van der Waals surface area contributed by atoms with E-state index in [2.05, 4.69) is 18.3 Å². The minimum atomic E-state index is -3.24. The molecular weight excluding hydrogens is 290 g/mol. The van der Waals surface area contributed by atoms with Crippen molar-refractivity contribution in [2.45, 2.75) is 24.1 Å². The van der Waals surface area contributed by atoms with E-state index in [1.165, 1.54) is 22.5 Å². The summed E-state index contributed by atoms with van der Waals surface area (Å²) in [7, 11) is -1.45. The van der Waals surface area contributed by atoms with Gasteiger partial charge in [-0.05, 0) is 49.0 Å². The highest BCUT2D eigenvalue weighted by atomic mass is 32.2. The van der Waals surface area contributed by atoms with Gasteiger partial charge in [0.05, 0.1) is 5.75 Å². The van der Waals surface area contributed by atoms with E-state index in [0.29, 0.717) is 4.21 Å². The zero-order valence-electron chi connectivity index (χ0n) is 11.9. The fourth-order valence-corrected chi connectivity index (χ4v) is 4.72. The van der Waals surface area contributed by atoms with Crippen molar-refractivity contribution >= 4 is 21.2 Å². The highest BCUT2D eigenvalue weighted by molar-refractivity contribution is 7.93. The fourth-order valence-electron chi connectivity index (χ4n) is 2.07. The van der Waals surface area contributed by atoms with Gasteiger partial charge in [-0.2, -0.15) is 0 Å². The van der Waals surface area contributed by atoms with E-state index < -0.39 is 9.84 Å². The van der Waals surface area contributed by atoms with Gasteiger partial charge in [-0.3, -0.25) is 0 Å². The average molecular weight is 309 g/mol. The third-order valence-corrected chi connectivity index (χ3v) is 6.70. The molecule has 0 radical (unpaired) electrons. The Labute approximate surface area is 124 Å². The second kappa shape index (κ2) is 6.08. The molecule has 0 fully saturated rings. The largest absolute Gasteiger partial charge is 0.312 e. The Morgan fingerprint density at radius 3 is 2.50 bits per heavy atom. The number of hydrogen-bond donors (Lipinski definition) is 1. The Kier molecular flexibility index (Phi) is 4.62. The highest BCUT2D eigenvalue weighted by Crippen LogP contribution is 2.24. The fraction of sp³-hybridized carbons (Fsp3) is 0.333. The van der Waals surface area contributed by atoms with Crippen molar-refractivity contribution in [3.05, 3.63) is 52.4 Å². The second-order valence-electron chi connectivity index (χ2n) is 4.90. The van der Waals surface area contributed by atoms with Crippen LogP contribution in [0.15, 0.2) is 39.9 Å². The lowest BCUT2D eigenvalue weighted by Crippen LogP contribution is -2.25. The molecule has 1 N–H and O–H groups in total. The summed E-state index contributed by atoms with van der Waals surface area (Å²) in [5, 5.41) is 4.90. The van der Waals surface area contributed by atoms with Crippen molar-refractivity contribution < 1.29 is 8.42 Å². The van der Waals surface area contributed by atoms with E-state index >= 15 is 0 Å². The van der Waals surface area contributed by atoms with E-state index in [9.17, 15) is 8.42 Å². The molecule has 1 atom stereocenters. The van der Waals surface area contributed by atoms with Crippen LogP contribution in [0.25, 0.3) is 0 Å². The number of thiophene rings is 1. The van der Waals surface area contributed by atoms with Crippen LogP contribution in [0.3, 0.4) is 0 Å². The summed E-state index contributed by atoms with van der Waals surface area (Å²) >= 11 is 1.27. The maximum atomic E-state index is 12.4. The molecule has 0 amide bonds. The minimum absolute atomic E-state index is 0.0759. The smallest absolute Gasteiger partial charge is 0.189 e. The molecule has 0 bridgehead atoms. The molecule has 2 aromatic rings. The molecule has 1 aromatic carbocycles. The molecule has 0 aliphatic rings. The van der Waals surface area contributed by atoms with Crippen LogP contribution >= 0.6 is 11.3 Å². The molecule has 1 unspecified atom stereocenters. The number of benzene rings is 1. The predicted molar refractivity (Wildman–Crippen MR) is 84.1 cm³/mol. The third kappa shape index (κ3) is 3.29. The maximum Gasteiger partial charge on any atom is 0.189 e. The van der Waals surface area contributed by atoms with Crippen LogP contribution in [0, 0.1) is 13.8 Å². The Morgan fingerprint density at radius 1 is 1.20 bits per heavy atom. The molecule has 20 heavy (non-hydrogen) atoms. The van der Waals surface area contributed by atoms with Crippen LogP contribution in [0.1, 0.15) is 22.7 Å². The lowest BCUT2D eigenvalue weighted by atomic mass is 10.0. The molecule has 0 saturated heterocycles. The number of rotatable bonds is 5. The van der Waals surface area contributed by atoms with Gasteiger partial charge in [0.15, 0.2) is 9.84 Å². The first kappa shape index (κ1) is 15.2.